The Morgan fingerprint density at radius 2 is 2.19 bits per heavy atom. The molecule has 0 saturated heterocycles. The summed E-state index contributed by atoms with van der Waals surface area (Å²) >= 11 is 0. The molecule has 0 spiro atoms. The largest absolute Gasteiger partial charge is 0.378 e. The minimum absolute atomic E-state index is 0.818. The lowest BCUT2D eigenvalue weighted by atomic mass is 10.1. The fourth-order valence-electron chi connectivity index (χ4n) is 2.43. The van der Waals surface area contributed by atoms with E-state index < -0.39 is 0 Å². The fraction of sp³-hybridized carbons (Fsp3) is 0.462. The summed E-state index contributed by atoms with van der Waals surface area (Å²) in [5.74, 6) is 1.08. The van der Waals surface area contributed by atoms with Gasteiger partial charge in [-0.1, -0.05) is 6.07 Å². The number of hydrogen-bond donors (Lipinski definition) is 2. The SMILES string of the molecule is c1cc2c(cc1NCC1=NCCN1)CCC2. The molecule has 0 amide bonds. The molecule has 1 aromatic rings. The number of benzene rings is 1. The summed E-state index contributed by atoms with van der Waals surface area (Å²) in [6, 6.07) is 6.73. The Kier molecular flexibility index (Phi) is 2.52. The molecule has 0 aromatic heterocycles. The molecule has 1 aliphatic heterocycles. The van der Waals surface area contributed by atoms with Gasteiger partial charge in [0.2, 0.25) is 0 Å². The minimum atomic E-state index is 0.818. The van der Waals surface area contributed by atoms with Crippen molar-refractivity contribution in [1.82, 2.24) is 5.32 Å². The highest BCUT2D eigenvalue weighted by molar-refractivity contribution is 5.87. The summed E-state index contributed by atoms with van der Waals surface area (Å²) in [4.78, 5) is 4.37. The minimum Gasteiger partial charge on any atom is -0.378 e. The van der Waals surface area contributed by atoms with Crippen LogP contribution in [0.3, 0.4) is 0 Å². The standard InChI is InChI=1S/C13H17N3/c1-2-10-4-5-12(8-11(10)3-1)16-9-13-14-6-7-15-13/h4-5,8,16H,1-3,6-7,9H2,(H,14,15). The van der Waals surface area contributed by atoms with Crippen molar-refractivity contribution in [3.8, 4) is 0 Å². The first-order valence-corrected chi connectivity index (χ1v) is 6.05. The van der Waals surface area contributed by atoms with Crippen molar-refractivity contribution in [3.05, 3.63) is 29.3 Å². The lowest BCUT2D eigenvalue weighted by Crippen LogP contribution is -2.26. The van der Waals surface area contributed by atoms with E-state index in [9.17, 15) is 0 Å². The van der Waals surface area contributed by atoms with E-state index in [-0.39, 0.29) is 0 Å². The third kappa shape index (κ3) is 1.90. The van der Waals surface area contributed by atoms with E-state index in [4.69, 9.17) is 0 Å². The molecule has 2 aliphatic rings. The molecule has 0 unspecified atom stereocenters. The van der Waals surface area contributed by atoms with Crippen LogP contribution in [0.15, 0.2) is 23.2 Å². The molecular formula is C13H17N3. The third-order valence-electron chi connectivity index (χ3n) is 3.30. The van der Waals surface area contributed by atoms with Gasteiger partial charge < -0.3 is 10.6 Å². The number of aryl methyl sites for hydroxylation is 2. The summed E-state index contributed by atoms with van der Waals surface area (Å²) in [6.07, 6.45) is 3.81. The van der Waals surface area contributed by atoms with Crippen molar-refractivity contribution in [3.63, 3.8) is 0 Å². The first-order valence-electron chi connectivity index (χ1n) is 6.05. The van der Waals surface area contributed by atoms with Gasteiger partial charge in [0, 0.05) is 12.2 Å². The summed E-state index contributed by atoms with van der Waals surface area (Å²) in [6.45, 7) is 2.72. The molecule has 0 atom stereocenters. The molecule has 84 valence electrons. The average molecular weight is 215 g/mol. The quantitative estimate of drug-likeness (QED) is 0.803. The topological polar surface area (TPSA) is 36.4 Å². The molecule has 3 heteroatoms. The maximum atomic E-state index is 4.37. The fourth-order valence-corrected chi connectivity index (χ4v) is 2.43. The van der Waals surface area contributed by atoms with Gasteiger partial charge in [0.25, 0.3) is 0 Å². The summed E-state index contributed by atoms with van der Waals surface area (Å²) < 4.78 is 0. The van der Waals surface area contributed by atoms with Crippen molar-refractivity contribution in [2.75, 3.05) is 25.0 Å². The van der Waals surface area contributed by atoms with Gasteiger partial charge in [-0.2, -0.15) is 0 Å². The monoisotopic (exact) mass is 215 g/mol. The predicted octanol–water partition coefficient (Wildman–Crippen LogP) is 1.59. The van der Waals surface area contributed by atoms with Crippen molar-refractivity contribution in [2.24, 2.45) is 4.99 Å². The normalized spacial score (nSPS) is 17.9. The van der Waals surface area contributed by atoms with Gasteiger partial charge in [0.1, 0.15) is 5.84 Å². The van der Waals surface area contributed by atoms with Crippen LogP contribution in [0.4, 0.5) is 5.69 Å². The number of hydrogen-bond acceptors (Lipinski definition) is 3. The van der Waals surface area contributed by atoms with Crippen LogP contribution >= 0.6 is 0 Å². The highest BCUT2D eigenvalue weighted by Crippen LogP contribution is 2.24. The molecule has 0 saturated carbocycles. The summed E-state index contributed by atoms with van der Waals surface area (Å²) in [5.41, 5.74) is 4.27. The molecule has 0 radical (unpaired) electrons. The van der Waals surface area contributed by atoms with E-state index in [1.54, 1.807) is 0 Å². The molecule has 1 heterocycles. The van der Waals surface area contributed by atoms with Crippen LogP contribution in [0, 0.1) is 0 Å². The second kappa shape index (κ2) is 4.16. The Hall–Kier alpha value is -1.51. The maximum Gasteiger partial charge on any atom is 0.116 e. The van der Waals surface area contributed by atoms with Crippen LogP contribution in [0.1, 0.15) is 17.5 Å². The molecule has 3 nitrogen and oxygen atoms in total. The van der Waals surface area contributed by atoms with Crippen molar-refractivity contribution < 1.29 is 0 Å². The first kappa shape index (κ1) is 9.70. The van der Waals surface area contributed by atoms with Gasteiger partial charge in [0.15, 0.2) is 0 Å². The molecule has 0 fully saturated rings. The Bertz CT molecular complexity index is 423. The van der Waals surface area contributed by atoms with Crippen molar-refractivity contribution in [2.45, 2.75) is 19.3 Å². The number of anilines is 1. The molecule has 3 rings (SSSR count). The van der Waals surface area contributed by atoms with E-state index in [1.165, 1.54) is 36.1 Å². The van der Waals surface area contributed by atoms with E-state index >= 15 is 0 Å². The zero-order valence-electron chi connectivity index (χ0n) is 9.42. The van der Waals surface area contributed by atoms with Crippen molar-refractivity contribution in [1.29, 1.82) is 0 Å². The third-order valence-corrected chi connectivity index (χ3v) is 3.30. The van der Waals surface area contributed by atoms with Gasteiger partial charge >= 0.3 is 0 Å². The molecular weight excluding hydrogens is 198 g/mol. The first-order chi connectivity index (χ1) is 7.92. The van der Waals surface area contributed by atoms with Crippen molar-refractivity contribution >= 4 is 11.5 Å². The van der Waals surface area contributed by atoms with Gasteiger partial charge in [-0.05, 0) is 42.5 Å². The van der Waals surface area contributed by atoms with E-state index in [1.807, 2.05) is 0 Å². The summed E-state index contributed by atoms with van der Waals surface area (Å²) in [5, 5.41) is 6.69. The van der Waals surface area contributed by atoms with E-state index in [2.05, 4.69) is 33.8 Å². The number of aliphatic imine (C=N–C) groups is 1. The second-order valence-corrected chi connectivity index (χ2v) is 4.45. The number of fused-ring (bicyclic) bond motifs is 1. The Morgan fingerprint density at radius 1 is 1.25 bits per heavy atom. The van der Waals surface area contributed by atoms with Gasteiger partial charge in [-0.15, -0.1) is 0 Å². The van der Waals surface area contributed by atoms with Crippen LogP contribution in [0.5, 0.6) is 0 Å². The average Bonchev–Trinajstić information content (AvgIpc) is 2.97. The molecule has 1 aliphatic carbocycles. The van der Waals surface area contributed by atoms with Crippen LogP contribution in [-0.2, 0) is 12.8 Å². The second-order valence-electron chi connectivity index (χ2n) is 4.45. The summed E-state index contributed by atoms with van der Waals surface area (Å²) in [7, 11) is 0. The number of nitrogens with one attached hydrogen (secondary N) is 2. The Balaban J connectivity index is 1.66. The predicted molar refractivity (Wildman–Crippen MR) is 67.3 cm³/mol. The molecule has 2 N–H and O–H groups in total. The lowest BCUT2D eigenvalue weighted by molar-refractivity contribution is 0.912. The zero-order valence-corrected chi connectivity index (χ0v) is 9.42. The molecule has 0 bridgehead atoms. The Morgan fingerprint density at radius 3 is 3.06 bits per heavy atom. The zero-order chi connectivity index (χ0) is 10.8. The highest BCUT2D eigenvalue weighted by Gasteiger charge is 2.11. The Labute approximate surface area is 96.0 Å². The smallest absolute Gasteiger partial charge is 0.116 e. The van der Waals surface area contributed by atoms with Crippen LogP contribution in [-0.4, -0.2) is 25.5 Å². The molecule has 16 heavy (non-hydrogen) atoms. The van der Waals surface area contributed by atoms with Crippen LogP contribution in [0.2, 0.25) is 0 Å². The number of amidine groups is 1. The number of rotatable bonds is 3. The van der Waals surface area contributed by atoms with E-state index in [0.717, 1.165) is 25.5 Å². The van der Waals surface area contributed by atoms with Crippen LogP contribution < -0.4 is 10.6 Å². The van der Waals surface area contributed by atoms with Gasteiger partial charge in [0.05, 0.1) is 13.1 Å². The highest BCUT2D eigenvalue weighted by atomic mass is 15.1. The molecule has 1 aromatic carbocycles. The van der Waals surface area contributed by atoms with Crippen LogP contribution in [0.25, 0.3) is 0 Å². The van der Waals surface area contributed by atoms with Gasteiger partial charge in [-0.25, -0.2) is 0 Å². The number of nitrogens with zero attached hydrogens (tertiary/aromatic N) is 1. The lowest BCUT2D eigenvalue weighted by Gasteiger charge is -2.08. The van der Waals surface area contributed by atoms with Gasteiger partial charge in [-0.3, -0.25) is 4.99 Å². The van der Waals surface area contributed by atoms with E-state index in [0.29, 0.717) is 0 Å². The maximum absolute atomic E-state index is 4.37.